The summed E-state index contributed by atoms with van der Waals surface area (Å²) in [7, 11) is 0. The van der Waals surface area contributed by atoms with Crippen molar-refractivity contribution < 1.29 is 4.79 Å². The van der Waals surface area contributed by atoms with Crippen molar-refractivity contribution in [2.45, 2.75) is 18.9 Å². The van der Waals surface area contributed by atoms with E-state index in [1.165, 1.54) is 0 Å². The van der Waals surface area contributed by atoms with Crippen LogP contribution in [0.4, 0.5) is 0 Å². The minimum Gasteiger partial charge on any atom is -0.340 e. The molecule has 2 rings (SSSR count). The van der Waals surface area contributed by atoms with Gasteiger partial charge in [0, 0.05) is 18.8 Å². The van der Waals surface area contributed by atoms with E-state index in [0.717, 1.165) is 36.6 Å². The monoisotopic (exact) mass is 264 g/mol. The van der Waals surface area contributed by atoms with Gasteiger partial charge in [0.25, 0.3) is 0 Å². The molecule has 2 N–H and O–H groups in total. The van der Waals surface area contributed by atoms with Crippen molar-refractivity contribution in [3.05, 3.63) is 35.9 Å². The Kier molecular flexibility index (Phi) is 5.08. The lowest BCUT2D eigenvalue weighted by molar-refractivity contribution is -0.132. The summed E-state index contributed by atoms with van der Waals surface area (Å²) >= 11 is 1.92. The zero-order valence-electron chi connectivity index (χ0n) is 10.5. The lowest BCUT2D eigenvalue weighted by Crippen LogP contribution is -2.45. The number of amides is 1. The summed E-state index contributed by atoms with van der Waals surface area (Å²) < 4.78 is 0. The molecule has 1 aliphatic heterocycles. The Bertz CT molecular complexity index is 375. The largest absolute Gasteiger partial charge is 0.340 e. The zero-order chi connectivity index (χ0) is 12.8. The van der Waals surface area contributed by atoms with Crippen LogP contribution in [-0.4, -0.2) is 41.4 Å². The highest BCUT2D eigenvalue weighted by Gasteiger charge is 2.21. The van der Waals surface area contributed by atoms with Gasteiger partial charge in [0.2, 0.25) is 5.91 Å². The van der Waals surface area contributed by atoms with Crippen LogP contribution in [0.25, 0.3) is 0 Å². The highest BCUT2D eigenvalue weighted by molar-refractivity contribution is 7.99. The van der Waals surface area contributed by atoms with E-state index < -0.39 is 6.04 Å². The normalized spacial score (nSPS) is 18.2. The topological polar surface area (TPSA) is 46.3 Å². The van der Waals surface area contributed by atoms with Crippen LogP contribution in [0, 0.1) is 0 Å². The molecular formula is C14H20N2OS. The molecule has 4 heteroatoms. The van der Waals surface area contributed by atoms with Crippen LogP contribution >= 0.6 is 11.8 Å². The van der Waals surface area contributed by atoms with E-state index in [4.69, 9.17) is 5.73 Å². The predicted octanol–water partition coefficient (Wildman–Crippen LogP) is 1.52. The number of rotatable bonds is 3. The molecule has 0 bridgehead atoms. The zero-order valence-corrected chi connectivity index (χ0v) is 11.4. The standard InChI is InChI=1S/C14H20N2OS/c15-13(11-12-5-2-1-3-6-12)14(17)16-7-4-9-18-10-8-16/h1-3,5-6,13H,4,7-11,15H2. The molecule has 3 nitrogen and oxygen atoms in total. The van der Waals surface area contributed by atoms with Crippen LogP contribution in [0.2, 0.25) is 0 Å². The van der Waals surface area contributed by atoms with Gasteiger partial charge in [-0.2, -0.15) is 11.8 Å². The van der Waals surface area contributed by atoms with Gasteiger partial charge in [-0.15, -0.1) is 0 Å². The highest BCUT2D eigenvalue weighted by atomic mass is 32.2. The Morgan fingerprint density at radius 3 is 2.83 bits per heavy atom. The first-order chi connectivity index (χ1) is 8.77. The van der Waals surface area contributed by atoms with E-state index in [-0.39, 0.29) is 5.91 Å². The molecule has 1 fully saturated rings. The lowest BCUT2D eigenvalue weighted by Gasteiger charge is -2.23. The van der Waals surface area contributed by atoms with E-state index in [2.05, 4.69) is 0 Å². The number of benzene rings is 1. The van der Waals surface area contributed by atoms with E-state index >= 15 is 0 Å². The second kappa shape index (κ2) is 6.81. The molecule has 1 aliphatic rings. The predicted molar refractivity (Wildman–Crippen MR) is 76.6 cm³/mol. The third kappa shape index (κ3) is 3.75. The fourth-order valence-corrected chi connectivity index (χ4v) is 3.04. The summed E-state index contributed by atoms with van der Waals surface area (Å²) in [6.45, 7) is 1.69. The molecule has 98 valence electrons. The second-order valence-corrected chi connectivity index (χ2v) is 5.81. The van der Waals surface area contributed by atoms with Crippen LogP contribution < -0.4 is 5.73 Å². The summed E-state index contributed by atoms with van der Waals surface area (Å²) in [5.41, 5.74) is 7.16. The van der Waals surface area contributed by atoms with Gasteiger partial charge in [-0.3, -0.25) is 4.79 Å². The van der Waals surface area contributed by atoms with Gasteiger partial charge in [-0.1, -0.05) is 30.3 Å². The molecule has 18 heavy (non-hydrogen) atoms. The van der Waals surface area contributed by atoms with Crippen LogP contribution in [0.3, 0.4) is 0 Å². The van der Waals surface area contributed by atoms with E-state index in [9.17, 15) is 4.79 Å². The molecule has 1 unspecified atom stereocenters. The summed E-state index contributed by atoms with van der Waals surface area (Å²) in [5.74, 6) is 2.28. The first-order valence-electron chi connectivity index (χ1n) is 6.43. The minimum absolute atomic E-state index is 0.0985. The van der Waals surface area contributed by atoms with Crippen LogP contribution in [0.15, 0.2) is 30.3 Å². The van der Waals surface area contributed by atoms with Crippen molar-refractivity contribution in [1.29, 1.82) is 0 Å². The molecule has 1 aromatic rings. The van der Waals surface area contributed by atoms with Crippen LogP contribution in [0.1, 0.15) is 12.0 Å². The van der Waals surface area contributed by atoms with Crippen molar-refractivity contribution in [3.8, 4) is 0 Å². The van der Waals surface area contributed by atoms with Crippen LogP contribution in [-0.2, 0) is 11.2 Å². The van der Waals surface area contributed by atoms with Gasteiger partial charge in [0.15, 0.2) is 0 Å². The number of hydrogen-bond donors (Lipinski definition) is 1. The van der Waals surface area contributed by atoms with Gasteiger partial charge in [-0.05, 0) is 24.2 Å². The Labute approximate surface area is 113 Å². The Morgan fingerprint density at radius 2 is 2.06 bits per heavy atom. The first kappa shape index (κ1) is 13.4. The average Bonchev–Trinajstić information content (AvgIpc) is 2.68. The minimum atomic E-state index is -0.407. The average molecular weight is 264 g/mol. The third-order valence-electron chi connectivity index (χ3n) is 3.15. The molecule has 0 spiro atoms. The van der Waals surface area contributed by atoms with Gasteiger partial charge in [0.05, 0.1) is 6.04 Å². The van der Waals surface area contributed by atoms with Crippen molar-refractivity contribution in [3.63, 3.8) is 0 Å². The smallest absolute Gasteiger partial charge is 0.239 e. The Balaban J connectivity index is 1.91. The van der Waals surface area contributed by atoms with Crippen molar-refractivity contribution >= 4 is 17.7 Å². The maximum Gasteiger partial charge on any atom is 0.239 e. The quantitative estimate of drug-likeness (QED) is 0.900. The maximum atomic E-state index is 12.2. The maximum absolute atomic E-state index is 12.2. The molecule has 0 aromatic heterocycles. The van der Waals surface area contributed by atoms with Gasteiger partial charge < -0.3 is 10.6 Å². The molecule has 1 saturated heterocycles. The molecule has 1 amide bonds. The number of nitrogens with two attached hydrogens (primary N) is 1. The molecule has 1 aromatic carbocycles. The number of thioether (sulfide) groups is 1. The van der Waals surface area contributed by atoms with E-state index in [0.29, 0.717) is 6.42 Å². The molecule has 0 radical (unpaired) electrons. The van der Waals surface area contributed by atoms with Crippen molar-refractivity contribution in [1.82, 2.24) is 4.90 Å². The van der Waals surface area contributed by atoms with Gasteiger partial charge in [-0.25, -0.2) is 0 Å². The Hall–Kier alpha value is -1.00. The van der Waals surface area contributed by atoms with Crippen LogP contribution in [0.5, 0.6) is 0 Å². The molecule has 1 atom stereocenters. The fraction of sp³-hybridized carbons (Fsp3) is 0.500. The van der Waals surface area contributed by atoms with Gasteiger partial charge >= 0.3 is 0 Å². The summed E-state index contributed by atoms with van der Waals surface area (Å²) in [5, 5.41) is 0. The van der Waals surface area contributed by atoms with E-state index in [1.54, 1.807) is 0 Å². The molecule has 1 heterocycles. The van der Waals surface area contributed by atoms with Crippen molar-refractivity contribution in [2.24, 2.45) is 5.73 Å². The summed E-state index contributed by atoms with van der Waals surface area (Å²) in [6, 6.07) is 9.57. The second-order valence-electron chi connectivity index (χ2n) is 4.59. The molecule has 0 saturated carbocycles. The first-order valence-corrected chi connectivity index (χ1v) is 7.59. The Morgan fingerprint density at radius 1 is 1.28 bits per heavy atom. The van der Waals surface area contributed by atoms with Gasteiger partial charge in [0.1, 0.15) is 0 Å². The lowest BCUT2D eigenvalue weighted by atomic mass is 10.1. The van der Waals surface area contributed by atoms with Crippen molar-refractivity contribution in [2.75, 3.05) is 24.6 Å². The summed E-state index contributed by atoms with van der Waals surface area (Å²) in [6.07, 6.45) is 1.71. The highest BCUT2D eigenvalue weighted by Crippen LogP contribution is 2.12. The fourth-order valence-electron chi connectivity index (χ4n) is 2.16. The number of carbonyl (C=O) groups is 1. The molecular weight excluding hydrogens is 244 g/mol. The number of hydrogen-bond acceptors (Lipinski definition) is 3. The summed E-state index contributed by atoms with van der Waals surface area (Å²) in [4.78, 5) is 14.2. The SMILES string of the molecule is NC(Cc1ccccc1)C(=O)N1CCCSCC1. The number of carbonyl (C=O) groups excluding carboxylic acids is 1. The third-order valence-corrected chi connectivity index (χ3v) is 4.20. The number of nitrogens with zero attached hydrogens (tertiary/aromatic N) is 1. The molecule has 0 aliphatic carbocycles. The van der Waals surface area contributed by atoms with E-state index in [1.807, 2.05) is 47.0 Å².